The molecule has 1 amide bonds. The number of hydrogen-bond acceptors (Lipinski definition) is 6. The molecule has 1 N–H and O–H groups in total. The first-order valence-corrected chi connectivity index (χ1v) is 10.4. The molecule has 0 spiro atoms. The molecule has 1 aliphatic rings. The number of likely N-dealkylation sites (tertiary alicyclic amines) is 1. The predicted octanol–water partition coefficient (Wildman–Crippen LogP) is 2.47. The standard InChI is InChI=1S/C23H26N4O4/c1-30-19-11-9-17(10-12-19)20(26-13-5-6-14-26)15-24-21(28)16-27-23(29)31-22(25-27)18-7-3-2-4-8-18/h2-4,7-12,20H,5-6,13-16H2,1H3,(H,24,28)/t20-/m1/s1. The van der Waals surface area contributed by atoms with Crippen LogP contribution in [0.2, 0.25) is 0 Å². The van der Waals surface area contributed by atoms with E-state index in [1.165, 1.54) is 0 Å². The van der Waals surface area contributed by atoms with Crippen molar-refractivity contribution in [2.45, 2.75) is 25.4 Å². The van der Waals surface area contributed by atoms with Crippen LogP contribution in [-0.2, 0) is 11.3 Å². The van der Waals surface area contributed by atoms with Gasteiger partial charge in [-0.1, -0.05) is 30.3 Å². The van der Waals surface area contributed by atoms with Crippen molar-refractivity contribution in [1.29, 1.82) is 0 Å². The van der Waals surface area contributed by atoms with Gasteiger partial charge in [0.1, 0.15) is 12.3 Å². The van der Waals surface area contributed by atoms with E-state index in [0.717, 1.165) is 41.9 Å². The van der Waals surface area contributed by atoms with Crippen LogP contribution in [0.5, 0.6) is 5.75 Å². The first-order chi connectivity index (χ1) is 15.1. The van der Waals surface area contributed by atoms with Gasteiger partial charge in [-0.15, -0.1) is 5.10 Å². The number of methoxy groups -OCH3 is 1. The van der Waals surface area contributed by atoms with Gasteiger partial charge in [0.2, 0.25) is 11.8 Å². The first-order valence-electron chi connectivity index (χ1n) is 10.4. The molecule has 2 heterocycles. The fourth-order valence-electron chi connectivity index (χ4n) is 3.84. The maximum Gasteiger partial charge on any atom is 0.437 e. The largest absolute Gasteiger partial charge is 0.497 e. The minimum absolute atomic E-state index is 0.0614. The zero-order chi connectivity index (χ0) is 21.6. The van der Waals surface area contributed by atoms with Crippen molar-refractivity contribution in [2.75, 3.05) is 26.7 Å². The van der Waals surface area contributed by atoms with Crippen molar-refractivity contribution in [2.24, 2.45) is 0 Å². The van der Waals surface area contributed by atoms with Gasteiger partial charge >= 0.3 is 5.76 Å². The highest BCUT2D eigenvalue weighted by atomic mass is 16.5. The molecule has 2 aromatic carbocycles. The van der Waals surface area contributed by atoms with Crippen molar-refractivity contribution in [3.05, 3.63) is 70.7 Å². The average molecular weight is 422 g/mol. The second-order valence-corrected chi connectivity index (χ2v) is 7.53. The molecule has 1 atom stereocenters. The predicted molar refractivity (Wildman–Crippen MR) is 116 cm³/mol. The summed E-state index contributed by atoms with van der Waals surface area (Å²) in [5, 5.41) is 7.11. The minimum Gasteiger partial charge on any atom is -0.497 e. The number of amides is 1. The molecule has 1 aliphatic heterocycles. The molecule has 0 radical (unpaired) electrons. The normalized spacial score (nSPS) is 15.0. The minimum atomic E-state index is -0.653. The van der Waals surface area contributed by atoms with E-state index in [1.807, 2.05) is 42.5 Å². The highest BCUT2D eigenvalue weighted by Crippen LogP contribution is 2.26. The SMILES string of the molecule is COc1ccc([C@@H](CNC(=O)Cn2nc(-c3ccccc3)oc2=O)N2CCCC2)cc1. The zero-order valence-corrected chi connectivity index (χ0v) is 17.5. The fourth-order valence-corrected chi connectivity index (χ4v) is 3.84. The van der Waals surface area contributed by atoms with Crippen molar-refractivity contribution in [1.82, 2.24) is 20.0 Å². The molecule has 162 valence electrons. The Labute approximate surface area is 180 Å². The first kappa shape index (κ1) is 20.9. The van der Waals surface area contributed by atoms with Crippen LogP contribution in [0.4, 0.5) is 0 Å². The van der Waals surface area contributed by atoms with Crippen LogP contribution >= 0.6 is 0 Å². The van der Waals surface area contributed by atoms with Gasteiger partial charge in [0.25, 0.3) is 0 Å². The maximum absolute atomic E-state index is 12.6. The monoisotopic (exact) mass is 422 g/mol. The summed E-state index contributed by atoms with van der Waals surface area (Å²) in [5.74, 6) is 0.0622. The topological polar surface area (TPSA) is 89.6 Å². The van der Waals surface area contributed by atoms with Crippen LogP contribution in [0.15, 0.2) is 63.8 Å². The number of carbonyl (C=O) groups excluding carboxylic acids is 1. The van der Waals surface area contributed by atoms with E-state index in [-0.39, 0.29) is 24.4 Å². The number of ether oxygens (including phenoxy) is 1. The summed E-state index contributed by atoms with van der Waals surface area (Å²) in [6, 6.07) is 17.1. The summed E-state index contributed by atoms with van der Waals surface area (Å²) in [4.78, 5) is 27.1. The lowest BCUT2D eigenvalue weighted by Gasteiger charge is -2.28. The lowest BCUT2D eigenvalue weighted by molar-refractivity contribution is -0.122. The molecule has 4 rings (SSSR count). The molecule has 0 bridgehead atoms. The molecule has 1 fully saturated rings. The second-order valence-electron chi connectivity index (χ2n) is 7.53. The van der Waals surface area contributed by atoms with Crippen LogP contribution in [0, 0.1) is 0 Å². The maximum atomic E-state index is 12.6. The average Bonchev–Trinajstić information content (AvgIpc) is 3.45. The van der Waals surface area contributed by atoms with E-state index in [2.05, 4.69) is 15.3 Å². The van der Waals surface area contributed by atoms with Crippen LogP contribution < -0.4 is 15.8 Å². The molecule has 8 nitrogen and oxygen atoms in total. The number of hydrogen-bond donors (Lipinski definition) is 1. The Hall–Kier alpha value is -3.39. The van der Waals surface area contributed by atoms with Gasteiger partial charge < -0.3 is 14.5 Å². The van der Waals surface area contributed by atoms with Gasteiger partial charge in [-0.25, -0.2) is 4.79 Å². The Bertz CT molecular complexity index is 1050. The quantitative estimate of drug-likeness (QED) is 0.600. The van der Waals surface area contributed by atoms with Crippen LogP contribution in [0.25, 0.3) is 11.5 Å². The molecular formula is C23H26N4O4. The molecular weight excluding hydrogens is 396 g/mol. The van der Waals surface area contributed by atoms with Gasteiger partial charge in [0.15, 0.2) is 0 Å². The van der Waals surface area contributed by atoms with E-state index in [9.17, 15) is 9.59 Å². The Morgan fingerprint density at radius 2 is 1.84 bits per heavy atom. The Morgan fingerprint density at radius 3 is 2.52 bits per heavy atom. The van der Waals surface area contributed by atoms with Gasteiger partial charge in [-0.05, 0) is 55.8 Å². The van der Waals surface area contributed by atoms with Crippen LogP contribution in [0.1, 0.15) is 24.4 Å². The summed E-state index contributed by atoms with van der Waals surface area (Å²) >= 11 is 0. The summed E-state index contributed by atoms with van der Waals surface area (Å²) in [6.45, 7) is 2.25. The van der Waals surface area contributed by atoms with Crippen LogP contribution in [-0.4, -0.2) is 47.3 Å². The number of rotatable bonds is 8. The van der Waals surface area contributed by atoms with Crippen molar-refractivity contribution < 1.29 is 13.9 Å². The molecule has 0 unspecified atom stereocenters. The number of benzene rings is 2. The smallest absolute Gasteiger partial charge is 0.437 e. The summed E-state index contributed by atoms with van der Waals surface area (Å²) < 4.78 is 11.5. The molecule has 0 aliphatic carbocycles. The summed E-state index contributed by atoms with van der Waals surface area (Å²) in [6.07, 6.45) is 2.30. The molecule has 0 saturated carbocycles. The molecule has 3 aromatic rings. The highest BCUT2D eigenvalue weighted by molar-refractivity contribution is 5.75. The lowest BCUT2D eigenvalue weighted by atomic mass is 10.1. The van der Waals surface area contributed by atoms with E-state index in [0.29, 0.717) is 12.1 Å². The number of aromatic nitrogens is 2. The summed E-state index contributed by atoms with van der Waals surface area (Å²) in [5.41, 5.74) is 1.81. The number of nitrogens with one attached hydrogen (secondary N) is 1. The second kappa shape index (κ2) is 9.61. The lowest BCUT2D eigenvalue weighted by Crippen LogP contribution is -2.39. The Morgan fingerprint density at radius 1 is 1.13 bits per heavy atom. The van der Waals surface area contributed by atoms with Gasteiger partial charge in [-0.2, -0.15) is 4.68 Å². The third-order valence-corrected chi connectivity index (χ3v) is 5.49. The van der Waals surface area contributed by atoms with Crippen LogP contribution in [0.3, 0.4) is 0 Å². The van der Waals surface area contributed by atoms with Crippen molar-refractivity contribution >= 4 is 5.91 Å². The molecule has 1 saturated heterocycles. The van der Waals surface area contributed by atoms with Gasteiger partial charge in [0.05, 0.1) is 13.2 Å². The Balaban J connectivity index is 1.42. The number of carbonyl (C=O) groups is 1. The number of nitrogens with zero attached hydrogens (tertiary/aromatic N) is 3. The zero-order valence-electron chi connectivity index (χ0n) is 17.5. The highest BCUT2D eigenvalue weighted by Gasteiger charge is 2.24. The van der Waals surface area contributed by atoms with E-state index in [4.69, 9.17) is 9.15 Å². The third-order valence-electron chi connectivity index (χ3n) is 5.49. The third kappa shape index (κ3) is 5.03. The molecule has 31 heavy (non-hydrogen) atoms. The molecule has 1 aromatic heterocycles. The van der Waals surface area contributed by atoms with E-state index >= 15 is 0 Å². The van der Waals surface area contributed by atoms with E-state index < -0.39 is 5.76 Å². The van der Waals surface area contributed by atoms with Gasteiger partial charge in [-0.3, -0.25) is 9.69 Å². The van der Waals surface area contributed by atoms with Crippen molar-refractivity contribution in [3.63, 3.8) is 0 Å². The summed E-state index contributed by atoms with van der Waals surface area (Å²) in [7, 11) is 1.64. The van der Waals surface area contributed by atoms with E-state index in [1.54, 1.807) is 19.2 Å². The fraction of sp³-hybridized carbons (Fsp3) is 0.348. The molecule has 8 heteroatoms. The Kier molecular flexibility index (Phi) is 6.47. The van der Waals surface area contributed by atoms with Gasteiger partial charge in [0, 0.05) is 12.1 Å². The van der Waals surface area contributed by atoms with Crippen molar-refractivity contribution in [3.8, 4) is 17.2 Å².